The highest BCUT2D eigenvalue weighted by Crippen LogP contribution is 2.12. The molecule has 0 unspecified atom stereocenters. The SMILES string of the molecule is O=C=NC(=O)C=Cc1ccc([N+](=O)[O-])cc1. The standard InChI is InChI=1S/C10H6N2O4/c13-7-11-10(14)6-3-8-1-4-9(5-2-8)12(15)16/h1-6H. The van der Waals surface area contributed by atoms with Crippen molar-refractivity contribution in [2.45, 2.75) is 0 Å². The van der Waals surface area contributed by atoms with Crippen LogP contribution < -0.4 is 0 Å². The Labute approximate surface area is 90.1 Å². The number of aliphatic imine (C=N–C) groups is 1. The Morgan fingerprint density at radius 3 is 2.50 bits per heavy atom. The fourth-order valence-electron chi connectivity index (χ4n) is 0.957. The first-order valence-corrected chi connectivity index (χ1v) is 4.18. The lowest BCUT2D eigenvalue weighted by Crippen LogP contribution is -1.87. The number of nitro groups is 1. The fraction of sp³-hybridized carbons (Fsp3) is 0. The molecule has 80 valence electrons. The maximum atomic E-state index is 10.8. The van der Waals surface area contributed by atoms with E-state index in [1.54, 1.807) is 0 Å². The smallest absolute Gasteiger partial charge is 0.267 e. The predicted molar refractivity (Wildman–Crippen MR) is 55.3 cm³/mol. The van der Waals surface area contributed by atoms with E-state index in [4.69, 9.17) is 0 Å². The van der Waals surface area contributed by atoms with Crippen LogP contribution in [0.5, 0.6) is 0 Å². The van der Waals surface area contributed by atoms with Crippen LogP contribution >= 0.6 is 0 Å². The summed E-state index contributed by atoms with van der Waals surface area (Å²) in [6.07, 6.45) is 3.58. The van der Waals surface area contributed by atoms with Gasteiger partial charge in [0.1, 0.15) is 0 Å². The van der Waals surface area contributed by atoms with E-state index in [1.165, 1.54) is 30.3 Å². The van der Waals surface area contributed by atoms with E-state index in [0.717, 1.165) is 12.2 Å². The molecule has 0 aliphatic carbocycles. The average molecular weight is 218 g/mol. The zero-order valence-corrected chi connectivity index (χ0v) is 7.99. The first-order valence-electron chi connectivity index (χ1n) is 4.18. The van der Waals surface area contributed by atoms with Gasteiger partial charge in [-0.3, -0.25) is 14.9 Å². The monoisotopic (exact) mass is 218 g/mol. The average Bonchev–Trinajstić information content (AvgIpc) is 2.27. The Morgan fingerprint density at radius 1 is 1.38 bits per heavy atom. The molecule has 0 saturated heterocycles. The molecule has 0 radical (unpaired) electrons. The molecule has 0 atom stereocenters. The highest BCUT2D eigenvalue weighted by molar-refractivity contribution is 5.94. The number of carbonyl (C=O) groups is 1. The zero-order chi connectivity index (χ0) is 12.0. The van der Waals surface area contributed by atoms with Crippen LogP contribution in [0.4, 0.5) is 5.69 Å². The molecule has 0 spiro atoms. The van der Waals surface area contributed by atoms with Crippen LogP contribution in [-0.2, 0) is 9.59 Å². The van der Waals surface area contributed by atoms with Gasteiger partial charge in [-0.05, 0) is 23.8 Å². The first-order chi connectivity index (χ1) is 7.63. The summed E-state index contributed by atoms with van der Waals surface area (Å²) in [6.45, 7) is 0. The number of amides is 1. The summed E-state index contributed by atoms with van der Waals surface area (Å²) in [5, 5.41) is 10.3. The van der Waals surface area contributed by atoms with Crippen LogP contribution in [-0.4, -0.2) is 16.9 Å². The lowest BCUT2D eigenvalue weighted by molar-refractivity contribution is -0.384. The van der Waals surface area contributed by atoms with Gasteiger partial charge < -0.3 is 0 Å². The van der Waals surface area contributed by atoms with Crippen molar-refractivity contribution in [3.8, 4) is 0 Å². The number of isocyanates is 1. The highest BCUT2D eigenvalue weighted by Gasteiger charge is 2.02. The van der Waals surface area contributed by atoms with Gasteiger partial charge in [0.2, 0.25) is 6.08 Å². The van der Waals surface area contributed by atoms with Gasteiger partial charge in [0.05, 0.1) is 4.92 Å². The van der Waals surface area contributed by atoms with E-state index in [9.17, 15) is 19.7 Å². The molecule has 0 heterocycles. The molecule has 0 bridgehead atoms. The number of nitrogens with zero attached hydrogens (tertiary/aromatic N) is 2. The number of nitro benzene ring substituents is 1. The molecule has 0 aliphatic rings. The highest BCUT2D eigenvalue weighted by atomic mass is 16.6. The molecule has 16 heavy (non-hydrogen) atoms. The minimum atomic E-state index is -0.728. The zero-order valence-electron chi connectivity index (χ0n) is 7.99. The minimum absolute atomic E-state index is 0.0330. The van der Waals surface area contributed by atoms with Crippen LogP contribution in [0.25, 0.3) is 6.08 Å². The van der Waals surface area contributed by atoms with Gasteiger partial charge in [-0.1, -0.05) is 0 Å². The molecule has 6 heteroatoms. The van der Waals surface area contributed by atoms with Crippen molar-refractivity contribution in [3.05, 3.63) is 46.0 Å². The Kier molecular flexibility index (Phi) is 3.83. The molecule has 0 N–H and O–H groups in total. The lowest BCUT2D eigenvalue weighted by Gasteiger charge is -1.92. The molecule has 1 aromatic rings. The summed E-state index contributed by atoms with van der Waals surface area (Å²) in [5.41, 5.74) is 0.564. The molecule has 1 rings (SSSR count). The summed E-state index contributed by atoms with van der Waals surface area (Å²) in [4.78, 5) is 33.2. The van der Waals surface area contributed by atoms with Crippen molar-refractivity contribution in [3.63, 3.8) is 0 Å². The van der Waals surface area contributed by atoms with Crippen LogP contribution in [0.3, 0.4) is 0 Å². The maximum absolute atomic E-state index is 10.8. The van der Waals surface area contributed by atoms with Crippen molar-refractivity contribution < 1.29 is 14.5 Å². The van der Waals surface area contributed by atoms with Crippen molar-refractivity contribution >= 4 is 23.8 Å². The Hall–Kier alpha value is -2.59. The molecule has 0 aromatic heterocycles. The van der Waals surface area contributed by atoms with Crippen molar-refractivity contribution in [2.24, 2.45) is 4.99 Å². The summed E-state index contributed by atoms with van der Waals surface area (Å²) in [7, 11) is 0. The summed E-state index contributed by atoms with van der Waals surface area (Å²) >= 11 is 0. The van der Waals surface area contributed by atoms with Gasteiger partial charge in [-0.15, -0.1) is 4.99 Å². The van der Waals surface area contributed by atoms with E-state index < -0.39 is 10.8 Å². The second-order valence-electron chi connectivity index (χ2n) is 2.72. The van der Waals surface area contributed by atoms with Gasteiger partial charge in [-0.2, -0.15) is 0 Å². The van der Waals surface area contributed by atoms with Gasteiger partial charge >= 0.3 is 0 Å². The van der Waals surface area contributed by atoms with Crippen molar-refractivity contribution in [1.29, 1.82) is 0 Å². The largest absolute Gasteiger partial charge is 0.280 e. The Balaban J connectivity index is 2.79. The van der Waals surface area contributed by atoms with Crippen LogP contribution in [0.2, 0.25) is 0 Å². The second kappa shape index (κ2) is 5.33. The molecule has 0 aliphatic heterocycles. The molecular weight excluding hydrogens is 212 g/mol. The van der Waals surface area contributed by atoms with E-state index in [0.29, 0.717) is 5.56 Å². The third-order valence-corrected chi connectivity index (χ3v) is 1.68. The summed E-state index contributed by atoms with van der Waals surface area (Å²) in [5.74, 6) is -0.728. The molecule has 1 aromatic carbocycles. The van der Waals surface area contributed by atoms with Crippen LogP contribution in [0, 0.1) is 10.1 Å². The number of carbonyl (C=O) groups excluding carboxylic acids is 2. The van der Waals surface area contributed by atoms with E-state index >= 15 is 0 Å². The van der Waals surface area contributed by atoms with E-state index in [1.807, 2.05) is 0 Å². The van der Waals surface area contributed by atoms with Crippen molar-refractivity contribution in [1.82, 2.24) is 0 Å². The quantitative estimate of drug-likeness (QED) is 0.252. The summed E-state index contributed by atoms with van der Waals surface area (Å²) < 4.78 is 0. The third-order valence-electron chi connectivity index (χ3n) is 1.68. The maximum Gasteiger partial charge on any atom is 0.280 e. The van der Waals surface area contributed by atoms with E-state index in [-0.39, 0.29) is 5.69 Å². The lowest BCUT2D eigenvalue weighted by atomic mass is 10.2. The third kappa shape index (κ3) is 3.28. The number of benzene rings is 1. The molecular formula is C10H6N2O4. The van der Waals surface area contributed by atoms with Crippen LogP contribution in [0.1, 0.15) is 5.56 Å². The summed E-state index contributed by atoms with van der Waals surface area (Å²) in [6, 6.07) is 5.58. The minimum Gasteiger partial charge on any atom is -0.267 e. The Bertz CT molecular complexity index is 484. The van der Waals surface area contributed by atoms with Gasteiger partial charge in [-0.25, -0.2) is 4.79 Å². The molecule has 0 saturated carbocycles. The first kappa shape index (κ1) is 11.5. The van der Waals surface area contributed by atoms with Gasteiger partial charge in [0.15, 0.2) is 0 Å². The topological polar surface area (TPSA) is 89.6 Å². The Morgan fingerprint density at radius 2 is 2.00 bits per heavy atom. The molecule has 6 nitrogen and oxygen atoms in total. The van der Waals surface area contributed by atoms with Gasteiger partial charge in [0.25, 0.3) is 11.6 Å². The predicted octanol–water partition coefficient (Wildman–Crippen LogP) is 1.47. The fourth-order valence-corrected chi connectivity index (χ4v) is 0.957. The number of rotatable bonds is 3. The van der Waals surface area contributed by atoms with Crippen molar-refractivity contribution in [2.75, 3.05) is 0 Å². The normalized spacial score (nSPS) is 9.75. The number of non-ortho nitro benzene ring substituents is 1. The molecule has 1 amide bonds. The molecule has 0 fully saturated rings. The van der Waals surface area contributed by atoms with Gasteiger partial charge in [0, 0.05) is 18.2 Å². The van der Waals surface area contributed by atoms with Crippen LogP contribution in [0.15, 0.2) is 35.3 Å². The number of hydrogen-bond donors (Lipinski definition) is 0. The van der Waals surface area contributed by atoms with E-state index in [2.05, 4.69) is 4.99 Å². The number of hydrogen-bond acceptors (Lipinski definition) is 4. The second-order valence-corrected chi connectivity index (χ2v) is 2.72.